The predicted octanol–water partition coefficient (Wildman–Crippen LogP) is 2.16. The van der Waals surface area contributed by atoms with Crippen molar-refractivity contribution in [2.24, 2.45) is 11.7 Å². The minimum atomic E-state index is -0.812. The minimum Gasteiger partial charge on any atom is -0.338 e. The van der Waals surface area contributed by atoms with Crippen molar-refractivity contribution < 1.29 is 13.6 Å². The van der Waals surface area contributed by atoms with Gasteiger partial charge in [-0.1, -0.05) is 6.07 Å². The Morgan fingerprint density at radius 3 is 2.63 bits per heavy atom. The van der Waals surface area contributed by atoms with Crippen molar-refractivity contribution in [3.05, 3.63) is 35.4 Å². The molecule has 0 saturated carbocycles. The number of nitrogens with two attached hydrogens (primary N) is 1. The molecular weight excluding hydrogens is 250 g/mol. The van der Waals surface area contributed by atoms with Gasteiger partial charge in [-0.3, -0.25) is 4.79 Å². The van der Waals surface area contributed by atoms with Crippen molar-refractivity contribution in [2.75, 3.05) is 13.1 Å². The molecule has 2 atom stereocenters. The van der Waals surface area contributed by atoms with Crippen LogP contribution in [0.1, 0.15) is 30.1 Å². The van der Waals surface area contributed by atoms with Crippen LogP contribution in [0.4, 0.5) is 8.78 Å². The fraction of sp³-hybridized carbons (Fsp3) is 0.500. The zero-order valence-electron chi connectivity index (χ0n) is 10.9. The molecule has 0 spiro atoms. The van der Waals surface area contributed by atoms with Gasteiger partial charge in [-0.25, -0.2) is 8.78 Å². The van der Waals surface area contributed by atoms with E-state index in [9.17, 15) is 13.6 Å². The van der Waals surface area contributed by atoms with E-state index in [4.69, 9.17) is 5.73 Å². The van der Waals surface area contributed by atoms with Crippen molar-refractivity contribution in [1.29, 1.82) is 0 Å². The normalized spacial score (nSPS) is 21.3. The highest BCUT2D eigenvalue weighted by Gasteiger charge is 2.29. The second-order valence-electron chi connectivity index (χ2n) is 5.11. The topological polar surface area (TPSA) is 46.3 Å². The Hall–Kier alpha value is -1.49. The third kappa shape index (κ3) is 2.92. The Morgan fingerprint density at radius 1 is 1.42 bits per heavy atom. The highest BCUT2D eigenvalue weighted by molar-refractivity contribution is 5.94. The van der Waals surface area contributed by atoms with Gasteiger partial charge >= 0.3 is 0 Å². The molecule has 0 aliphatic carbocycles. The number of hydrogen-bond donors (Lipinski definition) is 1. The molecule has 1 amide bonds. The molecule has 104 valence electrons. The van der Waals surface area contributed by atoms with Crippen LogP contribution < -0.4 is 5.73 Å². The van der Waals surface area contributed by atoms with Crippen LogP contribution in [-0.2, 0) is 0 Å². The number of nitrogens with zero attached hydrogens (tertiary/aromatic N) is 1. The minimum absolute atomic E-state index is 0.0268. The lowest BCUT2D eigenvalue weighted by Gasteiger charge is -2.34. The van der Waals surface area contributed by atoms with E-state index in [0.29, 0.717) is 13.1 Å². The molecule has 1 aliphatic heterocycles. The lowest BCUT2D eigenvalue weighted by Crippen LogP contribution is -2.45. The number of halogens is 2. The standard InChI is InChI=1S/C14H18F2N2O/c1-9(17)10-4-3-7-18(8-10)14(19)13-11(15)5-2-6-12(13)16/h2,5-6,9-10H,3-4,7-8,17H2,1H3. The number of likely N-dealkylation sites (tertiary alicyclic amines) is 1. The van der Waals surface area contributed by atoms with Crippen LogP contribution in [0.15, 0.2) is 18.2 Å². The first-order valence-corrected chi connectivity index (χ1v) is 6.49. The maximum atomic E-state index is 13.6. The average Bonchev–Trinajstić information content (AvgIpc) is 2.38. The van der Waals surface area contributed by atoms with E-state index in [2.05, 4.69) is 0 Å². The predicted molar refractivity (Wildman–Crippen MR) is 68.6 cm³/mol. The molecule has 2 rings (SSSR count). The molecule has 1 fully saturated rings. The van der Waals surface area contributed by atoms with Crippen molar-refractivity contribution in [3.63, 3.8) is 0 Å². The first-order chi connectivity index (χ1) is 9.00. The molecule has 5 heteroatoms. The maximum Gasteiger partial charge on any atom is 0.259 e. The van der Waals surface area contributed by atoms with Crippen LogP contribution in [0.25, 0.3) is 0 Å². The first-order valence-electron chi connectivity index (χ1n) is 6.49. The summed E-state index contributed by atoms with van der Waals surface area (Å²) in [5, 5.41) is 0. The Labute approximate surface area is 111 Å². The summed E-state index contributed by atoms with van der Waals surface area (Å²) < 4.78 is 27.2. The van der Waals surface area contributed by atoms with Gasteiger partial charge in [0.15, 0.2) is 0 Å². The smallest absolute Gasteiger partial charge is 0.259 e. The van der Waals surface area contributed by atoms with Crippen LogP contribution in [0.5, 0.6) is 0 Å². The molecule has 0 bridgehead atoms. The molecule has 19 heavy (non-hydrogen) atoms. The summed E-state index contributed by atoms with van der Waals surface area (Å²) in [5.74, 6) is -2.02. The Morgan fingerprint density at radius 2 is 2.05 bits per heavy atom. The molecule has 0 radical (unpaired) electrons. The number of hydrogen-bond acceptors (Lipinski definition) is 2. The third-order valence-electron chi connectivity index (χ3n) is 3.67. The van der Waals surface area contributed by atoms with E-state index in [0.717, 1.165) is 25.0 Å². The number of carbonyl (C=O) groups is 1. The van der Waals surface area contributed by atoms with E-state index < -0.39 is 23.1 Å². The van der Waals surface area contributed by atoms with Crippen LogP contribution in [-0.4, -0.2) is 29.9 Å². The second-order valence-corrected chi connectivity index (χ2v) is 5.11. The van der Waals surface area contributed by atoms with Gasteiger partial charge in [0.1, 0.15) is 17.2 Å². The van der Waals surface area contributed by atoms with E-state index in [-0.39, 0.29) is 12.0 Å². The molecule has 3 nitrogen and oxygen atoms in total. The summed E-state index contributed by atoms with van der Waals surface area (Å²) in [5.41, 5.74) is 5.38. The molecule has 1 aliphatic rings. The molecule has 2 N–H and O–H groups in total. The molecule has 2 unspecified atom stereocenters. The highest BCUT2D eigenvalue weighted by atomic mass is 19.1. The van der Waals surface area contributed by atoms with Gasteiger partial charge in [-0.2, -0.15) is 0 Å². The summed E-state index contributed by atoms with van der Waals surface area (Å²) in [6, 6.07) is 3.43. The van der Waals surface area contributed by atoms with Gasteiger partial charge in [0.2, 0.25) is 0 Å². The zero-order valence-corrected chi connectivity index (χ0v) is 10.9. The lowest BCUT2D eigenvalue weighted by molar-refractivity contribution is 0.0651. The van der Waals surface area contributed by atoms with Gasteiger partial charge in [0, 0.05) is 19.1 Å². The summed E-state index contributed by atoms with van der Waals surface area (Å²) in [4.78, 5) is 13.7. The van der Waals surface area contributed by atoms with Crippen molar-refractivity contribution >= 4 is 5.91 Å². The molecular formula is C14H18F2N2O. The quantitative estimate of drug-likeness (QED) is 0.893. The second kappa shape index (κ2) is 5.65. The Kier molecular flexibility index (Phi) is 4.14. The van der Waals surface area contributed by atoms with Crippen molar-refractivity contribution in [2.45, 2.75) is 25.8 Å². The van der Waals surface area contributed by atoms with Crippen LogP contribution >= 0.6 is 0 Å². The summed E-state index contributed by atoms with van der Waals surface area (Å²) in [7, 11) is 0. The third-order valence-corrected chi connectivity index (χ3v) is 3.67. The van der Waals surface area contributed by atoms with Gasteiger partial charge in [-0.15, -0.1) is 0 Å². The van der Waals surface area contributed by atoms with Gasteiger partial charge in [-0.05, 0) is 37.8 Å². The van der Waals surface area contributed by atoms with E-state index in [1.54, 1.807) is 0 Å². The van der Waals surface area contributed by atoms with Crippen molar-refractivity contribution in [1.82, 2.24) is 4.90 Å². The number of benzene rings is 1. The van der Waals surface area contributed by atoms with E-state index in [1.165, 1.54) is 11.0 Å². The first kappa shape index (κ1) is 13.9. The molecule has 1 aromatic carbocycles. The number of amides is 1. The van der Waals surface area contributed by atoms with Crippen molar-refractivity contribution in [3.8, 4) is 0 Å². The monoisotopic (exact) mass is 268 g/mol. The highest BCUT2D eigenvalue weighted by Crippen LogP contribution is 2.22. The fourth-order valence-corrected chi connectivity index (χ4v) is 2.48. The number of piperidine rings is 1. The summed E-state index contributed by atoms with van der Waals surface area (Å²) in [6.07, 6.45) is 1.76. The van der Waals surface area contributed by atoms with Crippen LogP contribution in [0.2, 0.25) is 0 Å². The molecule has 1 saturated heterocycles. The zero-order chi connectivity index (χ0) is 14.0. The van der Waals surface area contributed by atoms with Gasteiger partial charge in [0.05, 0.1) is 0 Å². The van der Waals surface area contributed by atoms with Crippen LogP contribution in [0.3, 0.4) is 0 Å². The summed E-state index contributed by atoms with van der Waals surface area (Å²) >= 11 is 0. The SMILES string of the molecule is CC(N)C1CCCN(C(=O)c2c(F)cccc2F)C1. The number of carbonyl (C=O) groups excluding carboxylic acids is 1. The molecule has 0 aromatic heterocycles. The van der Waals surface area contributed by atoms with Crippen LogP contribution in [0, 0.1) is 17.6 Å². The average molecular weight is 268 g/mol. The molecule has 1 heterocycles. The van der Waals surface area contributed by atoms with E-state index in [1.807, 2.05) is 6.92 Å². The Balaban J connectivity index is 2.20. The van der Waals surface area contributed by atoms with Gasteiger partial charge < -0.3 is 10.6 Å². The van der Waals surface area contributed by atoms with E-state index >= 15 is 0 Å². The Bertz CT molecular complexity index is 456. The van der Waals surface area contributed by atoms with Gasteiger partial charge in [0.25, 0.3) is 5.91 Å². The maximum absolute atomic E-state index is 13.6. The largest absolute Gasteiger partial charge is 0.338 e. The number of rotatable bonds is 2. The fourth-order valence-electron chi connectivity index (χ4n) is 2.48. The lowest BCUT2D eigenvalue weighted by atomic mass is 9.92. The summed E-state index contributed by atoms with van der Waals surface area (Å²) in [6.45, 7) is 2.88. The molecule has 1 aromatic rings.